The first kappa shape index (κ1) is 14.5. The number of carboxylic acids is 1. The van der Waals surface area contributed by atoms with Gasteiger partial charge in [0, 0.05) is 0 Å². The van der Waals surface area contributed by atoms with Crippen LogP contribution in [0.5, 0.6) is 17.2 Å². The van der Waals surface area contributed by atoms with Crippen LogP contribution in [0.15, 0.2) is 12.1 Å². The second-order valence-corrected chi connectivity index (χ2v) is 4.20. The highest BCUT2D eigenvalue weighted by molar-refractivity contribution is 6.44. The van der Waals surface area contributed by atoms with E-state index in [1.807, 2.05) is 0 Å². The highest BCUT2D eigenvalue weighted by Gasteiger charge is 2.31. The number of benzene rings is 1. The van der Waals surface area contributed by atoms with Gasteiger partial charge in [-0.1, -0.05) is 0 Å². The van der Waals surface area contributed by atoms with Gasteiger partial charge in [0.15, 0.2) is 11.5 Å². The minimum atomic E-state index is -1.25. The summed E-state index contributed by atoms with van der Waals surface area (Å²) in [5.74, 6) is -0.962. The molecule has 20 heavy (non-hydrogen) atoms. The van der Waals surface area contributed by atoms with Crippen LogP contribution in [0.3, 0.4) is 0 Å². The quantitative estimate of drug-likeness (QED) is 0.605. The summed E-state index contributed by atoms with van der Waals surface area (Å²) >= 11 is 0. The Morgan fingerprint density at radius 2 is 2.25 bits per heavy atom. The van der Waals surface area contributed by atoms with Crippen molar-refractivity contribution in [1.82, 2.24) is 0 Å². The normalized spacial score (nSPS) is 13.2. The van der Waals surface area contributed by atoms with Crippen molar-refractivity contribution in [1.29, 1.82) is 0 Å². The second kappa shape index (κ2) is 6.47. The Bertz CT molecular complexity index is 495. The van der Waals surface area contributed by atoms with E-state index in [2.05, 4.69) is 0 Å². The fourth-order valence-corrected chi connectivity index (χ4v) is 1.81. The Balaban J connectivity index is 2.23. The lowest BCUT2D eigenvalue weighted by molar-refractivity contribution is 0.0688. The monoisotopic (exact) mass is 284 g/mol. The van der Waals surface area contributed by atoms with Gasteiger partial charge in [-0.05, 0) is 25.0 Å². The maximum Gasteiger partial charge on any atom is 0.563 e. The average Bonchev–Trinajstić information content (AvgIpc) is 2.42. The largest absolute Gasteiger partial charge is 0.563 e. The smallest absolute Gasteiger partial charge is 0.531 e. The third-order valence-corrected chi connectivity index (χ3v) is 2.72. The first-order chi connectivity index (χ1) is 9.63. The first-order valence-electron chi connectivity index (χ1n) is 6.20. The molecular formula is C12H14BFO6. The molecule has 0 aromatic heterocycles. The molecule has 0 unspecified atom stereocenters. The number of rotatable bonds is 6. The molecule has 0 spiro atoms. The zero-order chi connectivity index (χ0) is 14.5. The molecule has 0 aliphatic carbocycles. The fraction of sp³-hybridized carbons (Fsp3) is 0.417. The summed E-state index contributed by atoms with van der Waals surface area (Å²) in [6, 6.07) is 2.97. The number of halogens is 1. The third kappa shape index (κ3) is 3.13. The van der Waals surface area contributed by atoms with Crippen LogP contribution in [0.4, 0.5) is 4.39 Å². The van der Waals surface area contributed by atoms with E-state index in [9.17, 15) is 19.3 Å². The summed E-state index contributed by atoms with van der Waals surface area (Å²) < 4.78 is 27.6. The SMILES string of the molecule is O=C(O)c1c(OCCCCF)ccc2c1OB(O)CO2. The zero-order valence-corrected chi connectivity index (χ0v) is 10.7. The number of hydrogen-bond acceptors (Lipinski definition) is 5. The number of ether oxygens (including phenoxy) is 2. The van der Waals surface area contributed by atoms with Crippen LogP contribution in [0, 0.1) is 0 Å². The van der Waals surface area contributed by atoms with Gasteiger partial charge in [0.25, 0.3) is 0 Å². The van der Waals surface area contributed by atoms with Gasteiger partial charge in [0.1, 0.15) is 17.8 Å². The summed E-state index contributed by atoms with van der Waals surface area (Å²) in [6.07, 6.45) is 0.832. The number of carbonyl (C=O) groups is 1. The van der Waals surface area contributed by atoms with Crippen molar-refractivity contribution in [3.63, 3.8) is 0 Å². The van der Waals surface area contributed by atoms with Gasteiger partial charge in [-0.25, -0.2) is 4.79 Å². The van der Waals surface area contributed by atoms with Gasteiger partial charge in [-0.15, -0.1) is 0 Å². The summed E-state index contributed by atoms with van der Waals surface area (Å²) in [4.78, 5) is 11.3. The minimum Gasteiger partial charge on any atom is -0.531 e. The average molecular weight is 284 g/mol. The molecule has 0 saturated heterocycles. The van der Waals surface area contributed by atoms with Crippen molar-refractivity contribution in [3.05, 3.63) is 17.7 Å². The minimum absolute atomic E-state index is 0.0563. The second-order valence-electron chi connectivity index (χ2n) is 4.20. The molecule has 108 valence electrons. The van der Waals surface area contributed by atoms with Crippen LogP contribution in [0.1, 0.15) is 23.2 Å². The van der Waals surface area contributed by atoms with E-state index < -0.39 is 19.8 Å². The summed E-state index contributed by atoms with van der Waals surface area (Å²) in [6.45, 7) is -0.308. The molecule has 0 fully saturated rings. The maximum atomic E-state index is 12.0. The fourth-order valence-electron chi connectivity index (χ4n) is 1.81. The Morgan fingerprint density at radius 1 is 1.45 bits per heavy atom. The number of hydrogen-bond donors (Lipinski definition) is 2. The zero-order valence-electron chi connectivity index (χ0n) is 10.7. The molecule has 2 rings (SSSR count). The van der Waals surface area contributed by atoms with Crippen molar-refractivity contribution in [2.45, 2.75) is 12.8 Å². The molecule has 1 heterocycles. The summed E-state index contributed by atoms with van der Waals surface area (Å²) in [5, 5.41) is 18.6. The van der Waals surface area contributed by atoms with Crippen molar-refractivity contribution >= 4 is 13.1 Å². The molecule has 0 bridgehead atoms. The Labute approximate surface area is 115 Å². The molecule has 0 radical (unpaired) electrons. The number of carboxylic acid groups (broad SMARTS) is 1. The number of aromatic carboxylic acids is 1. The lowest BCUT2D eigenvalue weighted by atomic mass is 9.91. The molecule has 0 atom stereocenters. The van der Waals surface area contributed by atoms with E-state index in [1.54, 1.807) is 0 Å². The number of fused-ring (bicyclic) bond motifs is 1. The third-order valence-electron chi connectivity index (χ3n) is 2.72. The van der Waals surface area contributed by atoms with Gasteiger partial charge in [-0.2, -0.15) is 0 Å². The first-order valence-corrected chi connectivity index (χ1v) is 6.20. The molecule has 1 aromatic carbocycles. The van der Waals surface area contributed by atoms with Crippen molar-refractivity contribution < 1.29 is 33.4 Å². The van der Waals surface area contributed by atoms with E-state index in [0.717, 1.165) is 0 Å². The lowest BCUT2D eigenvalue weighted by Gasteiger charge is -2.23. The van der Waals surface area contributed by atoms with Crippen molar-refractivity contribution in [2.24, 2.45) is 0 Å². The summed E-state index contributed by atoms with van der Waals surface area (Å²) in [7, 11) is -1.22. The van der Waals surface area contributed by atoms with Crippen molar-refractivity contribution in [3.8, 4) is 17.2 Å². The van der Waals surface area contributed by atoms with Gasteiger partial charge in [0.05, 0.1) is 13.3 Å². The van der Waals surface area contributed by atoms with Crippen LogP contribution in [-0.2, 0) is 0 Å². The molecule has 0 amide bonds. The Kier molecular flexibility index (Phi) is 4.68. The molecule has 0 saturated carbocycles. The van der Waals surface area contributed by atoms with E-state index in [4.69, 9.17) is 14.1 Å². The predicted molar refractivity (Wildman–Crippen MR) is 68.2 cm³/mol. The van der Waals surface area contributed by atoms with Crippen LogP contribution >= 0.6 is 0 Å². The van der Waals surface area contributed by atoms with Crippen molar-refractivity contribution in [2.75, 3.05) is 19.8 Å². The van der Waals surface area contributed by atoms with Crippen LogP contribution in [-0.4, -0.2) is 43.0 Å². The topological polar surface area (TPSA) is 85.2 Å². The molecule has 1 aliphatic heterocycles. The molecular weight excluding hydrogens is 270 g/mol. The van der Waals surface area contributed by atoms with E-state index in [0.29, 0.717) is 12.8 Å². The van der Waals surface area contributed by atoms with Crippen LogP contribution < -0.4 is 14.1 Å². The highest BCUT2D eigenvalue weighted by Crippen LogP contribution is 2.39. The van der Waals surface area contributed by atoms with Gasteiger partial charge in [-0.3, -0.25) is 4.39 Å². The van der Waals surface area contributed by atoms with Crippen LogP contribution in [0.2, 0.25) is 0 Å². The molecule has 2 N–H and O–H groups in total. The molecule has 1 aromatic rings. The Morgan fingerprint density at radius 3 is 2.95 bits per heavy atom. The molecule has 1 aliphatic rings. The van der Waals surface area contributed by atoms with Crippen LogP contribution in [0.25, 0.3) is 0 Å². The predicted octanol–water partition coefficient (Wildman–Crippen LogP) is 1.30. The molecule has 6 nitrogen and oxygen atoms in total. The summed E-state index contributed by atoms with van der Waals surface area (Å²) in [5.41, 5.74) is -0.207. The molecule has 8 heteroatoms. The highest BCUT2D eigenvalue weighted by atomic mass is 19.1. The van der Waals surface area contributed by atoms with E-state index in [-0.39, 0.29) is 35.9 Å². The van der Waals surface area contributed by atoms with E-state index in [1.165, 1.54) is 12.1 Å². The van der Waals surface area contributed by atoms with Gasteiger partial charge >= 0.3 is 13.1 Å². The van der Waals surface area contributed by atoms with E-state index >= 15 is 0 Å². The lowest BCUT2D eigenvalue weighted by Crippen LogP contribution is -2.34. The van der Waals surface area contributed by atoms with Gasteiger partial charge < -0.3 is 24.3 Å². The Hall–Kier alpha value is -1.96. The number of unbranched alkanes of at least 4 members (excludes halogenated alkanes) is 1. The maximum absolute atomic E-state index is 12.0. The standard InChI is InChI=1S/C12H14BFO6/c14-5-1-2-6-18-8-3-4-9-11(10(8)12(15)16)20-13(17)7-19-9/h3-4,17H,1-2,5-7H2,(H,15,16). The van der Waals surface area contributed by atoms with Gasteiger partial charge in [0.2, 0.25) is 0 Å². The number of alkyl halides is 1.